The van der Waals surface area contributed by atoms with Gasteiger partial charge in [-0.05, 0) is 25.5 Å². The van der Waals surface area contributed by atoms with E-state index in [1.165, 1.54) is 0 Å². The van der Waals surface area contributed by atoms with Crippen LogP contribution >= 0.6 is 11.6 Å². The van der Waals surface area contributed by atoms with Gasteiger partial charge in [-0.25, -0.2) is 0 Å². The van der Waals surface area contributed by atoms with E-state index < -0.39 is 0 Å². The lowest BCUT2D eigenvalue weighted by molar-refractivity contribution is 0.218. The molecule has 1 rings (SSSR count). The van der Waals surface area contributed by atoms with Crippen LogP contribution in [0.5, 0.6) is 0 Å². The molecule has 6 heteroatoms. The van der Waals surface area contributed by atoms with Crippen LogP contribution in [-0.2, 0) is 6.54 Å². The quantitative estimate of drug-likeness (QED) is 0.359. The molecule has 1 heterocycles. The van der Waals surface area contributed by atoms with Gasteiger partial charge in [-0.15, -0.1) is 0 Å². The third kappa shape index (κ3) is 4.50. The Balaban J connectivity index is 2.66. The highest BCUT2D eigenvalue weighted by molar-refractivity contribution is 6.31. The van der Waals surface area contributed by atoms with Crippen LogP contribution in [0.15, 0.2) is 23.6 Å². The zero-order valence-corrected chi connectivity index (χ0v) is 11.4. The molecule has 1 aromatic rings. The van der Waals surface area contributed by atoms with E-state index in [2.05, 4.69) is 28.9 Å². The summed E-state index contributed by atoms with van der Waals surface area (Å²) in [5, 5.41) is 12.2. The normalized spacial score (nSPS) is 12.4. The van der Waals surface area contributed by atoms with Crippen LogP contribution < -0.4 is 5.73 Å². The monoisotopic (exact) mass is 270 g/mol. The molecule has 0 atom stereocenters. The summed E-state index contributed by atoms with van der Waals surface area (Å²) in [6, 6.07) is 2.25. The molecule has 0 spiro atoms. The topological polar surface area (TPSA) is 74.7 Å². The minimum absolute atomic E-state index is 0.237. The van der Waals surface area contributed by atoms with Gasteiger partial charge >= 0.3 is 0 Å². The smallest absolute Gasteiger partial charge is 0.140 e. The molecule has 5 nitrogen and oxygen atoms in total. The minimum Gasteiger partial charge on any atom is -0.409 e. The van der Waals surface area contributed by atoms with Gasteiger partial charge in [-0.1, -0.05) is 16.8 Å². The summed E-state index contributed by atoms with van der Waals surface area (Å²) in [4.78, 5) is 6.17. The molecule has 0 bridgehead atoms. The van der Waals surface area contributed by atoms with Crippen LogP contribution in [0.3, 0.4) is 0 Å². The standard InChI is InChI=1S/C12H19ClN4O/c1-9(2)17(6-4-12(14)16-18)8-10-3-5-15-7-11(10)13/h3,5,7,9,18H,4,6,8H2,1-2H3,(H2,14,16). The maximum Gasteiger partial charge on any atom is 0.140 e. The SMILES string of the molecule is CC(C)N(CCC(N)=NO)Cc1ccncc1Cl. The summed E-state index contributed by atoms with van der Waals surface area (Å²) >= 11 is 6.09. The van der Waals surface area contributed by atoms with Gasteiger partial charge < -0.3 is 10.9 Å². The van der Waals surface area contributed by atoms with Gasteiger partial charge in [0.25, 0.3) is 0 Å². The van der Waals surface area contributed by atoms with Crippen molar-refractivity contribution in [2.24, 2.45) is 10.9 Å². The first kappa shape index (κ1) is 14.7. The van der Waals surface area contributed by atoms with Crippen molar-refractivity contribution in [3.05, 3.63) is 29.0 Å². The Labute approximate surface area is 112 Å². The van der Waals surface area contributed by atoms with Gasteiger partial charge in [0, 0.05) is 37.9 Å². The second kappa shape index (κ2) is 7.18. The number of rotatable bonds is 6. The Kier molecular flexibility index (Phi) is 5.88. The Hall–Kier alpha value is -1.33. The third-order valence-electron chi connectivity index (χ3n) is 2.74. The maximum absolute atomic E-state index is 8.54. The van der Waals surface area contributed by atoms with E-state index >= 15 is 0 Å². The van der Waals surface area contributed by atoms with Crippen LogP contribution in [0.25, 0.3) is 0 Å². The number of nitrogens with zero attached hydrogens (tertiary/aromatic N) is 3. The van der Waals surface area contributed by atoms with Crippen LogP contribution in [0.1, 0.15) is 25.8 Å². The zero-order valence-electron chi connectivity index (χ0n) is 10.7. The molecule has 1 aromatic heterocycles. The first-order valence-corrected chi connectivity index (χ1v) is 6.21. The first-order valence-electron chi connectivity index (χ1n) is 5.83. The molecule has 0 aromatic carbocycles. The number of amidine groups is 1. The number of halogens is 1. The highest BCUT2D eigenvalue weighted by atomic mass is 35.5. The van der Waals surface area contributed by atoms with Crippen molar-refractivity contribution in [1.29, 1.82) is 0 Å². The van der Waals surface area contributed by atoms with Crippen molar-refractivity contribution < 1.29 is 5.21 Å². The van der Waals surface area contributed by atoms with Gasteiger partial charge in [0.2, 0.25) is 0 Å². The Morgan fingerprint density at radius 3 is 2.89 bits per heavy atom. The Morgan fingerprint density at radius 2 is 2.33 bits per heavy atom. The predicted molar refractivity (Wildman–Crippen MR) is 72.8 cm³/mol. The number of oxime groups is 1. The Bertz CT molecular complexity index is 409. The molecule has 3 N–H and O–H groups in total. The predicted octanol–water partition coefficient (Wildman–Crippen LogP) is 2.08. The highest BCUT2D eigenvalue weighted by Gasteiger charge is 2.12. The van der Waals surface area contributed by atoms with Crippen LogP contribution in [0, 0.1) is 0 Å². The van der Waals surface area contributed by atoms with E-state index in [9.17, 15) is 0 Å². The Morgan fingerprint density at radius 1 is 1.61 bits per heavy atom. The van der Waals surface area contributed by atoms with Crippen LogP contribution in [0.2, 0.25) is 5.02 Å². The molecule has 18 heavy (non-hydrogen) atoms. The molecular weight excluding hydrogens is 252 g/mol. The second-order valence-corrected chi connectivity index (χ2v) is 4.78. The average molecular weight is 271 g/mol. The fraction of sp³-hybridized carbons (Fsp3) is 0.500. The van der Waals surface area contributed by atoms with Gasteiger partial charge in [-0.3, -0.25) is 9.88 Å². The molecule has 0 aliphatic rings. The van der Waals surface area contributed by atoms with E-state index in [0.717, 1.165) is 12.1 Å². The summed E-state index contributed by atoms with van der Waals surface area (Å²) < 4.78 is 0. The summed E-state index contributed by atoms with van der Waals surface area (Å²) in [6.45, 7) is 5.63. The maximum atomic E-state index is 8.54. The lowest BCUT2D eigenvalue weighted by Crippen LogP contribution is -2.33. The van der Waals surface area contributed by atoms with E-state index in [-0.39, 0.29) is 5.84 Å². The molecule has 0 fully saturated rings. The molecule has 0 saturated heterocycles. The second-order valence-electron chi connectivity index (χ2n) is 4.37. The molecule has 0 amide bonds. The fourth-order valence-corrected chi connectivity index (χ4v) is 1.76. The van der Waals surface area contributed by atoms with Crippen molar-refractivity contribution in [2.45, 2.75) is 32.9 Å². The first-order chi connectivity index (χ1) is 8.54. The number of pyridine rings is 1. The minimum atomic E-state index is 0.237. The van der Waals surface area contributed by atoms with Gasteiger partial charge in [0.1, 0.15) is 5.84 Å². The van der Waals surface area contributed by atoms with E-state index in [0.29, 0.717) is 24.0 Å². The molecule has 100 valence electrons. The summed E-state index contributed by atoms with van der Waals surface area (Å²) in [5.41, 5.74) is 6.51. The largest absolute Gasteiger partial charge is 0.409 e. The molecule has 0 saturated carbocycles. The number of nitrogens with two attached hydrogens (primary N) is 1. The molecule has 0 radical (unpaired) electrons. The third-order valence-corrected chi connectivity index (χ3v) is 3.08. The number of hydrogen-bond donors (Lipinski definition) is 2. The molecule has 0 unspecified atom stereocenters. The van der Waals surface area contributed by atoms with Crippen molar-refractivity contribution in [3.8, 4) is 0 Å². The highest BCUT2D eigenvalue weighted by Crippen LogP contribution is 2.17. The van der Waals surface area contributed by atoms with Gasteiger partial charge in [0.15, 0.2) is 0 Å². The summed E-state index contributed by atoms with van der Waals surface area (Å²) in [7, 11) is 0. The molecule has 0 aliphatic heterocycles. The van der Waals surface area contributed by atoms with Crippen LogP contribution in [0.4, 0.5) is 0 Å². The van der Waals surface area contributed by atoms with Gasteiger partial charge in [-0.2, -0.15) is 0 Å². The van der Waals surface area contributed by atoms with E-state index in [1.807, 2.05) is 6.07 Å². The zero-order chi connectivity index (χ0) is 13.5. The lowest BCUT2D eigenvalue weighted by atomic mass is 10.2. The van der Waals surface area contributed by atoms with Crippen molar-refractivity contribution >= 4 is 17.4 Å². The van der Waals surface area contributed by atoms with Crippen molar-refractivity contribution in [1.82, 2.24) is 9.88 Å². The summed E-state index contributed by atoms with van der Waals surface area (Å²) in [6.07, 6.45) is 3.89. The number of hydrogen-bond acceptors (Lipinski definition) is 4. The molecule has 0 aliphatic carbocycles. The lowest BCUT2D eigenvalue weighted by Gasteiger charge is -2.26. The summed E-state index contributed by atoms with van der Waals surface area (Å²) in [5.74, 6) is 0.237. The van der Waals surface area contributed by atoms with Crippen LogP contribution in [-0.4, -0.2) is 33.5 Å². The van der Waals surface area contributed by atoms with E-state index in [4.69, 9.17) is 22.5 Å². The van der Waals surface area contributed by atoms with E-state index in [1.54, 1.807) is 12.4 Å². The van der Waals surface area contributed by atoms with Crippen molar-refractivity contribution in [2.75, 3.05) is 6.54 Å². The van der Waals surface area contributed by atoms with Crippen molar-refractivity contribution in [3.63, 3.8) is 0 Å². The fourth-order valence-electron chi connectivity index (χ4n) is 1.58. The molecular formula is C12H19ClN4O. The average Bonchev–Trinajstić information content (AvgIpc) is 2.35. The number of aromatic nitrogens is 1. The van der Waals surface area contributed by atoms with Gasteiger partial charge in [0.05, 0.1) is 5.02 Å².